The van der Waals surface area contributed by atoms with Crippen LogP contribution in [0.1, 0.15) is 44.1 Å². The molecule has 1 aliphatic carbocycles. The highest BCUT2D eigenvalue weighted by Gasteiger charge is 2.40. The second-order valence-electron chi connectivity index (χ2n) is 4.44. The number of rotatable bonds is 2. The Hall–Kier alpha value is -0.300. The summed E-state index contributed by atoms with van der Waals surface area (Å²) < 4.78 is 0. The van der Waals surface area contributed by atoms with Crippen LogP contribution < -0.4 is 0 Å². The Kier molecular flexibility index (Phi) is 2.23. The van der Waals surface area contributed by atoms with Crippen molar-refractivity contribution in [2.24, 2.45) is 5.92 Å². The van der Waals surface area contributed by atoms with E-state index in [0.29, 0.717) is 5.41 Å². The van der Waals surface area contributed by atoms with Crippen molar-refractivity contribution < 1.29 is 0 Å². The Bertz CT molecular complexity index is 298. The van der Waals surface area contributed by atoms with Gasteiger partial charge in [-0.1, -0.05) is 20.8 Å². The molecule has 0 saturated carbocycles. The molecule has 0 amide bonds. The highest BCUT2D eigenvalue weighted by molar-refractivity contribution is 7.10. The van der Waals surface area contributed by atoms with Crippen molar-refractivity contribution in [3.05, 3.63) is 21.9 Å². The zero-order valence-electron chi connectivity index (χ0n) is 8.76. The molecule has 1 heterocycles. The third-order valence-electron chi connectivity index (χ3n) is 3.78. The molecule has 0 radical (unpaired) electrons. The molecule has 0 fully saturated rings. The molecule has 72 valence electrons. The van der Waals surface area contributed by atoms with Gasteiger partial charge in [-0.15, -0.1) is 11.3 Å². The first kappa shape index (κ1) is 9.26. The maximum atomic E-state index is 2.37. The minimum absolute atomic E-state index is 0.517. The van der Waals surface area contributed by atoms with Gasteiger partial charge in [-0.3, -0.25) is 0 Å². The lowest BCUT2D eigenvalue weighted by molar-refractivity contribution is 0.299. The summed E-state index contributed by atoms with van der Waals surface area (Å²) in [5, 5.41) is 2.26. The molecule has 1 aromatic rings. The zero-order chi connectivity index (χ0) is 9.47. The van der Waals surface area contributed by atoms with Crippen molar-refractivity contribution in [3.63, 3.8) is 0 Å². The van der Waals surface area contributed by atoms with Gasteiger partial charge < -0.3 is 0 Å². The number of aryl methyl sites for hydroxylation is 1. The van der Waals surface area contributed by atoms with Gasteiger partial charge in [0.25, 0.3) is 0 Å². The second-order valence-corrected chi connectivity index (χ2v) is 5.36. The topological polar surface area (TPSA) is 0 Å². The molecule has 2 rings (SSSR count). The van der Waals surface area contributed by atoms with E-state index >= 15 is 0 Å². The minimum Gasteiger partial charge on any atom is -0.148 e. The summed E-state index contributed by atoms with van der Waals surface area (Å²) in [5.74, 6) is 0.789. The minimum atomic E-state index is 0.517. The lowest BCUT2D eigenvalue weighted by Gasteiger charge is -2.32. The summed E-state index contributed by atoms with van der Waals surface area (Å²) >= 11 is 1.97. The van der Waals surface area contributed by atoms with E-state index in [4.69, 9.17) is 0 Å². The summed E-state index contributed by atoms with van der Waals surface area (Å²) in [5.41, 5.74) is 2.14. The quantitative estimate of drug-likeness (QED) is 0.667. The Morgan fingerprint density at radius 1 is 1.54 bits per heavy atom. The van der Waals surface area contributed by atoms with E-state index in [1.807, 2.05) is 11.3 Å². The molecule has 1 atom stereocenters. The monoisotopic (exact) mass is 194 g/mol. The average molecular weight is 194 g/mol. The van der Waals surface area contributed by atoms with Gasteiger partial charge in [-0.25, -0.2) is 0 Å². The van der Waals surface area contributed by atoms with Crippen LogP contribution in [-0.2, 0) is 11.8 Å². The highest BCUT2D eigenvalue weighted by atomic mass is 32.1. The molecule has 0 aromatic carbocycles. The van der Waals surface area contributed by atoms with Crippen LogP contribution in [0.5, 0.6) is 0 Å². The van der Waals surface area contributed by atoms with Crippen molar-refractivity contribution in [1.29, 1.82) is 0 Å². The van der Waals surface area contributed by atoms with Crippen molar-refractivity contribution in [3.8, 4) is 0 Å². The highest BCUT2D eigenvalue weighted by Crippen LogP contribution is 2.49. The van der Waals surface area contributed by atoms with Crippen LogP contribution >= 0.6 is 11.3 Å². The first-order valence-corrected chi connectivity index (χ1v) is 6.15. The molecular weight excluding hydrogens is 176 g/mol. The molecule has 0 saturated heterocycles. The zero-order valence-corrected chi connectivity index (χ0v) is 9.58. The maximum absolute atomic E-state index is 2.37. The summed E-state index contributed by atoms with van der Waals surface area (Å²) in [6, 6.07) is 2.32. The molecule has 13 heavy (non-hydrogen) atoms. The fraction of sp³-hybridized carbons (Fsp3) is 0.667. The van der Waals surface area contributed by atoms with Crippen LogP contribution in [0.4, 0.5) is 0 Å². The van der Waals surface area contributed by atoms with Crippen LogP contribution in [-0.4, -0.2) is 0 Å². The molecular formula is C12H18S. The normalized spacial score (nSPS) is 26.8. The van der Waals surface area contributed by atoms with Gasteiger partial charge in [0.1, 0.15) is 0 Å². The van der Waals surface area contributed by atoms with Crippen LogP contribution in [0.3, 0.4) is 0 Å². The van der Waals surface area contributed by atoms with Crippen LogP contribution in [0.15, 0.2) is 11.4 Å². The van der Waals surface area contributed by atoms with Gasteiger partial charge >= 0.3 is 0 Å². The summed E-state index contributed by atoms with van der Waals surface area (Å²) in [7, 11) is 0. The van der Waals surface area contributed by atoms with E-state index in [1.165, 1.54) is 19.3 Å². The summed E-state index contributed by atoms with van der Waals surface area (Å²) in [6.45, 7) is 7.09. The van der Waals surface area contributed by atoms with E-state index in [-0.39, 0.29) is 0 Å². The Balaban J connectivity index is 2.45. The second kappa shape index (κ2) is 3.13. The van der Waals surface area contributed by atoms with Gasteiger partial charge in [-0.2, -0.15) is 0 Å². The third-order valence-corrected chi connectivity index (χ3v) is 4.95. The smallest absolute Gasteiger partial charge is 0.0142 e. The van der Waals surface area contributed by atoms with Crippen molar-refractivity contribution in [2.75, 3.05) is 0 Å². The molecule has 0 spiro atoms. The van der Waals surface area contributed by atoms with E-state index in [2.05, 4.69) is 32.2 Å². The first-order chi connectivity index (χ1) is 6.20. The lowest BCUT2D eigenvalue weighted by Crippen LogP contribution is -2.27. The third kappa shape index (κ3) is 1.17. The molecule has 0 N–H and O–H groups in total. The molecule has 1 heteroatoms. The molecule has 0 nitrogen and oxygen atoms in total. The fourth-order valence-electron chi connectivity index (χ4n) is 2.74. The molecule has 0 bridgehead atoms. The standard InChI is InChI=1S/C12H18S/c1-4-12(9(2)3)7-5-10-6-8-13-11(10)12/h6,8-9H,4-5,7H2,1-3H3. The number of thiophene rings is 1. The molecule has 1 aromatic heterocycles. The van der Waals surface area contributed by atoms with E-state index in [1.54, 1.807) is 10.4 Å². The SMILES string of the molecule is CCC1(C(C)C)CCc2ccsc21. The largest absolute Gasteiger partial charge is 0.148 e. The van der Waals surface area contributed by atoms with Crippen molar-refractivity contribution in [2.45, 2.75) is 45.4 Å². The average Bonchev–Trinajstić information content (AvgIpc) is 2.62. The van der Waals surface area contributed by atoms with Crippen LogP contribution in [0.2, 0.25) is 0 Å². The van der Waals surface area contributed by atoms with Gasteiger partial charge in [-0.05, 0) is 42.2 Å². The van der Waals surface area contributed by atoms with E-state index < -0.39 is 0 Å². The molecule has 1 aliphatic rings. The maximum Gasteiger partial charge on any atom is 0.0142 e. The van der Waals surface area contributed by atoms with Gasteiger partial charge in [0.05, 0.1) is 0 Å². The lowest BCUT2D eigenvalue weighted by atomic mass is 9.74. The fourth-order valence-corrected chi connectivity index (χ4v) is 4.14. The number of fused-ring (bicyclic) bond motifs is 1. The predicted molar refractivity (Wildman–Crippen MR) is 59.4 cm³/mol. The number of hydrogen-bond donors (Lipinski definition) is 0. The van der Waals surface area contributed by atoms with E-state index in [9.17, 15) is 0 Å². The predicted octanol–water partition coefficient (Wildman–Crippen LogP) is 4.00. The van der Waals surface area contributed by atoms with Crippen LogP contribution in [0, 0.1) is 5.92 Å². The molecule has 0 aliphatic heterocycles. The first-order valence-electron chi connectivity index (χ1n) is 5.27. The Morgan fingerprint density at radius 2 is 2.31 bits per heavy atom. The molecule has 1 unspecified atom stereocenters. The summed E-state index contributed by atoms with van der Waals surface area (Å²) in [6.07, 6.45) is 3.99. The Labute approximate surface area is 85.0 Å². The summed E-state index contributed by atoms with van der Waals surface area (Å²) in [4.78, 5) is 1.69. The van der Waals surface area contributed by atoms with Gasteiger partial charge in [0.2, 0.25) is 0 Å². The van der Waals surface area contributed by atoms with Crippen LogP contribution in [0.25, 0.3) is 0 Å². The van der Waals surface area contributed by atoms with Crippen molar-refractivity contribution in [1.82, 2.24) is 0 Å². The number of hydrogen-bond acceptors (Lipinski definition) is 1. The Morgan fingerprint density at radius 3 is 2.92 bits per heavy atom. The van der Waals surface area contributed by atoms with Gasteiger partial charge in [0, 0.05) is 10.3 Å². The van der Waals surface area contributed by atoms with Gasteiger partial charge in [0.15, 0.2) is 0 Å². The van der Waals surface area contributed by atoms with Crippen molar-refractivity contribution >= 4 is 11.3 Å². The van der Waals surface area contributed by atoms with E-state index in [0.717, 1.165) is 5.92 Å².